The molecule has 0 aliphatic carbocycles. The van der Waals surface area contributed by atoms with Crippen LogP contribution in [-0.2, 0) is 10.5 Å². The van der Waals surface area contributed by atoms with Crippen molar-refractivity contribution in [2.45, 2.75) is 17.1 Å². The standard InChI is InChI=1S/C17H19NOS2/c1-20-16-9-5-8-15(12-16)18-17(19)10-11-21-13-14-6-3-2-4-7-14/h2-9,12H,10-11,13H2,1H3,(H,18,19). The Morgan fingerprint density at radius 1 is 1.10 bits per heavy atom. The van der Waals surface area contributed by atoms with E-state index in [2.05, 4.69) is 17.4 Å². The molecule has 0 heterocycles. The maximum atomic E-state index is 11.9. The Kier molecular flexibility index (Phi) is 6.70. The molecule has 0 aliphatic rings. The topological polar surface area (TPSA) is 29.1 Å². The average Bonchev–Trinajstić information content (AvgIpc) is 2.53. The number of rotatable bonds is 7. The van der Waals surface area contributed by atoms with Crippen molar-refractivity contribution in [2.24, 2.45) is 0 Å². The summed E-state index contributed by atoms with van der Waals surface area (Å²) in [7, 11) is 0. The summed E-state index contributed by atoms with van der Waals surface area (Å²) in [6.45, 7) is 0. The normalized spacial score (nSPS) is 10.3. The number of anilines is 1. The number of hydrogen-bond acceptors (Lipinski definition) is 3. The Labute approximate surface area is 134 Å². The number of carbonyl (C=O) groups excluding carboxylic acids is 1. The summed E-state index contributed by atoms with van der Waals surface area (Å²) >= 11 is 3.46. The molecule has 0 fully saturated rings. The van der Waals surface area contributed by atoms with Crippen molar-refractivity contribution in [3.63, 3.8) is 0 Å². The molecule has 0 saturated heterocycles. The molecule has 2 aromatic rings. The molecule has 0 aromatic heterocycles. The number of hydrogen-bond donors (Lipinski definition) is 1. The highest BCUT2D eigenvalue weighted by molar-refractivity contribution is 7.98. The van der Waals surface area contributed by atoms with E-state index in [-0.39, 0.29) is 5.91 Å². The van der Waals surface area contributed by atoms with Gasteiger partial charge in [0.1, 0.15) is 0 Å². The van der Waals surface area contributed by atoms with Gasteiger partial charge >= 0.3 is 0 Å². The molecule has 2 rings (SSSR count). The lowest BCUT2D eigenvalue weighted by molar-refractivity contribution is -0.115. The van der Waals surface area contributed by atoms with Gasteiger partial charge in [0.15, 0.2) is 0 Å². The van der Waals surface area contributed by atoms with Crippen LogP contribution in [0.4, 0.5) is 5.69 Å². The van der Waals surface area contributed by atoms with Gasteiger partial charge in [-0.1, -0.05) is 36.4 Å². The maximum Gasteiger partial charge on any atom is 0.225 e. The van der Waals surface area contributed by atoms with Crippen molar-refractivity contribution >= 4 is 35.1 Å². The third-order valence-electron chi connectivity index (χ3n) is 2.94. The van der Waals surface area contributed by atoms with Crippen LogP contribution in [0.25, 0.3) is 0 Å². The van der Waals surface area contributed by atoms with E-state index in [0.717, 1.165) is 22.1 Å². The van der Waals surface area contributed by atoms with Crippen LogP contribution in [0.5, 0.6) is 0 Å². The first kappa shape index (κ1) is 16.0. The van der Waals surface area contributed by atoms with Gasteiger partial charge in [0.25, 0.3) is 0 Å². The smallest absolute Gasteiger partial charge is 0.225 e. The van der Waals surface area contributed by atoms with Gasteiger partial charge in [-0.05, 0) is 30.0 Å². The Morgan fingerprint density at radius 2 is 1.90 bits per heavy atom. The predicted molar refractivity (Wildman–Crippen MR) is 94.1 cm³/mol. The first-order chi connectivity index (χ1) is 10.3. The highest BCUT2D eigenvalue weighted by Crippen LogP contribution is 2.19. The summed E-state index contributed by atoms with van der Waals surface area (Å²) in [4.78, 5) is 13.1. The van der Waals surface area contributed by atoms with Crippen LogP contribution in [0.15, 0.2) is 59.5 Å². The Balaban J connectivity index is 1.70. The van der Waals surface area contributed by atoms with Crippen molar-refractivity contribution in [1.29, 1.82) is 0 Å². The first-order valence-corrected chi connectivity index (χ1v) is 9.21. The summed E-state index contributed by atoms with van der Waals surface area (Å²) in [5.74, 6) is 1.87. The molecule has 2 aromatic carbocycles. The molecule has 0 atom stereocenters. The van der Waals surface area contributed by atoms with Crippen molar-refractivity contribution < 1.29 is 4.79 Å². The fraction of sp³-hybridized carbons (Fsp3) is 0.235. The molecule has 1 amide bonds. The summed E-state index contributed by atoms with van der Waals surface area (Å²) in [6, 6.07) is 18.3. The van der Waals surface area contributed by atoms with E-state index in [1.54, 1.807) is 23.5 Å². The Hall–Kier alpha value is -1.39. The molecule has 0 radical (unpaired) electrons. The van der Waals surface area contributed by atoms with Gasteiger partial charge in [-0.15, -0.1) is 11.8 Å². The highest BCUT2D eigenvalue weighted by atomic mass is 32.2. The highest BCUT2D eigenvalue weighted by Gasteiger charge is 2.03. The fourth-order valence-electron chi connectivity index (χ4n) is 1.85. The SMILES string of the molecule is CSc1cccc(NC(=O)CCSCc2ccccc2)c1. The molecule has 0 unspecified atom stereocenters. The summed E-state index contributed by atoms with van der Waals surface area (Å²) in [5, 5.41) is 2.95. The second-order valence-corrected chi connectivity index (χ2v) is 6.55. The van der Waals surface area contributed by atoms with E-state index in [4.69, 9.17) is 0 Å². The largest absolute Gasteiger partial charge is 0.326 e. The zero-order valence-corrected chi connectivity index (χ0v) is 13.7. The van der Waals surface area contributed by atoms with E-state index in [9.17, 15) is 4.79 Å². The molecule has 1 N–H and O–H groups in total. The van der Waals surface area contributed by atoms with Crippen LogP contribution in [0.2, 0.25) is 0 Å². The molecule has 110 valence electrons. The molecular weight excluding hydrogens is 298 g/mol. The molecule has 2 nitrogen and oxygen atoms in total. The van der Waals surface area contributed by atoms with Crippen LogP contribution in [0, 0.1) is 0 Å². The Morgan fingerprint density at radius 3 is 2.67 bits per heavy atom. The third kappa shape index (κ3) is 5.86. The lowest BCUT2D eigenvalue weighted by Gasteiger charge is -2.06. The zero-order chi connectivity index (χ0) is 14.9. The van der Waals surface area contributed by atoms with Crippen LogP contribution in [-0.4, -0.2) is 17.9 Å². The molecular formula is C17H19NOS2. The summed E-state index contributed by atoms with van der Waals surface area (Å²) in [5.41, 5.74) is 2.18. The van der Waals surface area contributed by atoms with Crippen molar-refractivity contribution in [1.82, 2.24) is 0 Å². The van der Waals surface area contributed by atoms with Crippen molar-refractivity contribution in [3.8, 4) is 0 Å². The minimum Gasteiger partial charge on any atom is -0.326 e. The quantitative estimate of drug-likeness (QED) is 0.594. The van der Waals surface area contributed by atoms with Gasteiger partial charge in [0, 0.05) is 28.5 Å². The molecule has 4 heteroatoms. The second-order valence-electron chi connectivity index (χ2n) is 4.57. The van der Waals surface area contributed by atoms with Gasteiger partial charge in [-0.3, -0.25) is 4.79 Å². The molecule has 21 heavy (non-hydrogen) atoms. The number of benzene rings is 2. The zero-order valence-electron chi connectivity index (χ0n) is 12.0. The van der Waals surface area contributed by atoms with Gasteiger partial charge < -0.3 is 5.32 Å². The van der Waals surface area contributed by atoms with E-state index in [1.165, 1.54) is 5.56 Å². The van der Waals surface area contributed by atoms with E-state index in [0.29, 0.717) is 6.42 Å². The minimum atomic E-state index is 0.0776. The number of thioether (sulfide) groups is 2. The van der Waals surface area contributed by atoms with E-state index < -0.39 is 0 Å². The van der Waals surface area contributed by atoms with Gasteiger partial charge in [-0.2, -0.15) is 11.8 Å². The minimum absolute atomic E-state index is 0.0776. The van der Waals surface area contributed by atoms with Crippen molar-refractivity contribution in [2.75, 3.05) is 17.3 Å². The van der Waals surface area contributed by atoms with Gasteiger partial charge in [0.05, 0.1) is 0 Å². The lowest BCUT2D eigenvalue weighted by atomic mass is 10.2. The van der Waals surface area contributed by atoms with E-state index >= 15 is 0 Å². The molecule has 0 spiro atoms. The first-order valence-electron chi connectivity index (χ1n) is 6.83. The summed E-state index contributed by atoms with van der Waals surface area (Å²) in [6.07, 6.45) is 2.57. The molecule has 0 bridgehead atoms. The maximum absolute atomic E-state index is 11.9. The van der Waals surface area contributed by atoms with Crippen LogP contribution < -0.4 is 5.32 Å². The van der Waals surface area contributed by atoms with Crippen LogP contribution >= 0.6 is 23.5 Å². The second kappa shape index (κ2) is 8.80. The monoisotopic (exact) mass is 317 g/mol. The number of amides is 1. The third-order valence-corrected chi connectivity index (χ3v) is 4.69. The molecule has 0 saturated carbocycles. The summed E-state index contributed by atoms with van der Waals surface area (Å²) < 4.78 is 0. The van der Waals surface area contributed by atoms with Crippen LogP contribution in [0.1, 0.15) is 12.0 Å². The average molecular weight is 317 g/mol. The lowest BCUT2D eigenvalue weighted by Crippen LogP contribution is -2.12. The number of nitrogens with one attached hydrogen (secondary N) is 1. The Bertz CT molecular complexity index is 572. The predicted octanol–water partition coefficient (Wildman–Crippen LogP) is 4.67. The van der Waals surface area contributed by atoms with Crippen molar-refractivity contribution in [3.05, 3.63) is 60.2 Å². The molecule has 0 aliphatic heterocycles. The number of carbonyl (C=O) groups is 1. The van der Waals surface area contributed by atoms with Gasteiger partial charge in [-0.25, -0.2) is 0 Å². The van der Waals surface area contributed by atoms with Gasteiger partial charge in [0.2, 0.25) is 5.91 Å². The van der Waals surface area contributed by atoms with Crippen LogP contribution in [0.3, 0.4) is 0 Å². The van der Waals surface area contributed by atoms with E-state index in [1.807, 2.05) is 48.7 Å². The fourth-order valence-corrected chi connectivity index (χ4v) is 3.22.